The second-order valence-electron chi connectivity index (χ2n) is 1.88. The molecule has 0 saturated carbocycles. The lowest BCUT2D eigenvalue weighted by molar-refractivity contribution is -0.172. The van der Waals surface area contributed by atoms with Crippen LogP contribution in [0, 0.1) is 0 Å². The van der Waals surface area contributed by atoms with Crippen LogP contribution in [-0.4, -0.2) is 24.8 Å². The van der Waals surface area contributed by atoms with E-state index in [0.29, 0.717) is 6.42 Å². The third kappa shape index (κ3) is 3.06. The van der Waals surface area contributed by atoms with Crippen molar-refractivity contribution in [2.75, 3.05) is 6.61 Å². The SMILES string of the molecule is CCCOC(=O)C(F)(F)C=O. The molecule has 0 unspecified atom stereocenters. The van der Waals surface area contributed by atoms with Crippen molar-refractivity contribution in [1.29, 1.82) is 0 Å². The van der Waals surface area contributed by atoms with E-state index in [0.717, 1.165) is 0 Å². The zero-order valence-electron chi connectivity index (χ0n) is 5.97. The van der Waals surface area contributed by atoms with Crippen molar-refractivity contribution in [3.8, 4) is 0 Å². The molecule has 0 radical (unpaired) electrons. The van der Waals surface area contributed by atoms with Crippen LogP contribution in [0.2, 0.25) is 0 Å². The molecule has 0 rings (SSSR count). The molecule has 3 nitrogen and oxygen atoms in total. The number of hydrogen-bond donors (Lipinski definition) is 0. The van der Waals surface area contributed by atoms with Crippen LogP contribution in [0.15, 0.2) is 0 Å². The first kappa shape index (κ1) is 10.0. The van der Waals surface area contributed by atoms with Gasteiger partial charge in [0.2, 0.25) is 6.29 Å². The lowest BCUT2D eigenvalue weighted by Gasteiger charge is -2.07. The molecular weight excluding hydrogens is 158 g/mol. The van der Waals surface area contributed by atoms with Gasteiger partial charge in [-0.2, -0.15) is 8.78 Å². The molecule has 0 saturated heterocycles. The second kappa shape index (κ2) is 4.00. The van der Waals surface area contributed by atoms with E-state index in [9.17, 15) is 18.4 Å². The molecule has 0 aromatic heterocycles. The normalized spacial score (nSPS) is 10.8. The quantitative estimate of drug-likeness (QED) is 0.352. The van der Waals surface area contributed by atoms with E-state index < -0.39 is 18.2 Å². The van der Waals surface area contributed by atoms with Gasteiger partial charge in [0.15, 0.2) is 0 Å². The Morgan fingerprint density at radius 2 is 2.18 bits per heavy atom. The molecule has 0 aromatic carbocycles. The first-order chi connectivity index (χ1) is 5.04. The summed E-state index contributed by atoms with van der Waals surface area (Å²) in [4.78, 5) is 19.8. The van der Waals surface area contributed by atoms with Crippen LogP contribution in [0.25, 0.3) is 0 Å². The average molecular weight is 166 g/mol. The molecule has 0 aliphatic rings. The zero-order chi connectivity index (χ0) is 8.91. The minimum absolute atomic E-state index is 0.0950. The van der Waals surface area contributed by atoms with E-state index in [2.05, 4.69) is 4.74 Å². The summed E-state index contributed by atoms with van der Waals surface area (Å²) in [7, 11) is 0. The summed E-state index contributed by atoms with van der Waals surface area (Å²) in [5.41, 5.74) is 0. The van der Waals surface area contributed by atoms with E-state index in [4.69, 9.17) is 0 Å². The molecular formula is C6H8F2O3. The Morgan fingerprint density at radius 3 is 2.55 bits per heavy atom. The Bertz CT molecular complexity index is 156. The van der Waals surface area contributed by atoms with Gasteiger partial charge in [-0.3, -0.25) is 4.79 Å². The average Bonchev–Trinajstić information content (AvgIpc) is 2.00. The molecule has 0 spiro atoms. The van der Waals surface area contributed by atoms with Crippen molar-refractivity contribution in [1.82, 2.24) is 0 Å². The number of halogens is 2. The predicted octanol–water partition coefficient (Wildman–Crippen LogP) is 0.774. The van der Waals surface area contributed by atoms with Gasteiger partial charge in [0.25, 0.3) is 0 Å². The first-order valence-corrected chi connectivity index (χ1v) is 3.06. The van der Waals surface area contributed by atoms with Crippen molar-refractivity contribution in [2.24, 2.45) is 0 Å². The summed E-state index contributed by atoms with van der Waals surface area (Å²) in [5, 5.41) is 0. The molecule has 0 atom stereocenters. The minimum atomic E-state index is -3.99. The van der Waals surface area contributed by atoms with Crippen molar-refractivity contribution in [2.45, 2.75) is 19.3 Å². The fourth-order valence-corrected chi connectivity index (χ4v) is 0.339. The van der Waals surface area contributed by atoms with Gasteiger partial charge in [-0.1, -0.05) is 6.92 Å². The molecule has 0 amide bonds. The standard InChI is InChI=1S/C6H8F2O3/c1-2-3-11-5(10)6(7,8)4-9/h4H,2-3H2,1H3. The minimum Gasteiger partial charge on any atom is -0.461 e. The topological polar surface area (TPSA) is 43.4 Å². The van der Waals surface area contributed by atoms with Gasteiger partial charge < -0.3 is 4.74 Å². The van der Waals surface area contributed by atoms with E-state index in [-0.39, 0.29) is 6.61 Å². The highest BCUT2D eigenvalue weighted by Crippen LogP contribution is 2.11. The van der Waals surface area contributed by atoms with Crippen LogP contribution in [0.5, 0.6) is 0 Å². The predicted molar refractivity (Wildman–Crippen MR) is 32.3 cm³/mol. The van der Waals surface area contributed by atoms with Crippen molar-refractivity contribution in [3.05, 3.63) is 0 Å². The maximum atomic E-state index is 12.0. The van der Waals surface area contributed by atoms with Crippen LogP contribution in [0.3, 0.4) is 0 Å². The summed E-state index contributed by atoms with van der Waals surface area (Å²) in [5.74, 6) is -5.77. The highest BCUT2D eigenvalue weighted by atomic mass is 19.3. The third-order valence-electron chi connectivity index (χ3n) is 0.857. The maximum absolute atomic E-state index is 12.0. The Balaban J connectivity index is 3.91. The molecule has 0 aliphatic heterocycles. The summed E-state index contributed by atoms with van der Waals surface area (Å²) < 4.78 is 28.1. The number of ether oxygens (including phenoxy) is 1. The number of hydrogen-bond acceptors (Lipinski definition) is 3. The Hall–Kier alpha value is -1.00. The van der Waals surface area contributed by atoms with Gasteiger partial charge in [-0.25, -0.2) is 4.79 Å². The van der Waals surface area contributed by atoms with Crippen LogP contribution in [-0.2, 0) is 14.3 Å². The van der Waals surface area contributed by atoms with Gasteiger partial charge >= 0.3 is 11.9 Å². The highest BCUT2D eigenvalue weighted by molar-refractivity contribution is 5.94. The van der Waals surface area contributed by atoms with Crippen molar-refractivity contribution in [3.63, 3.8) is 0 Å². The summed E-state index contributed by atoms with van der Waals surface area (Å²) in [6.07, 6.45) is -0.286. The fourth-order valence-electron chi connectivity index (χ4n) is 0.339. The molecule has 11 heavy (non-hydrogen) atoms. The van der Waals surface area contributed by atoms with Crippen LogP contribution in [0.1, 0.15) is 13.3 Å². The smallest absolute Gasteiger partial charge is 0.396 e. The van der Waals surface area contributed by atoms with Crippen molar-refractivity contribution < 1.29 is 23.1 Å². The number of carbonyl (C=O) groups excluding carboxylic acids is 2. The molecule has 0 fully saturated rings. The largest absolute Gasteiger partial charge is 0.461 e. The number of esters is 1. The molecule has 64 valence electrons. The van der Waals surface area contributed by atoms with Crippen LogP contribution in [0.4, 0.5) is 8.78 Å². The third-order valence-corrected chi connectivity index (χ3v) is 0.857. The zero-order valence-corrected chi connectivity index (χ0v) is 5.97. The summed E-state index contributed by atoms with van der Waals surface area (Å²) >= 11 is 0. The first-order valence-electron chi connectivity index (χ1n) is 3.06. The maximum Gasteiger partial charge on any atom is 0.396 e. The second-order valence-corrected chi connectivity index (χ2v) is 1.88. The van der Waals surface area contributed by atoms with Gasteiger partial charge in [-0.15, -0.1) is 0 Å². The number of alkyl halides is 2. The summed E-state index contributed by atoms with van der Waals surface area (Å²) in [6, 6.07) is 0. The number of carbonyl (C=O) groups is 2. The van der Waals surface area contributed by atoms with Crippen molar-refractivity contribution >= 4 is 12.3 Å². The summed E-state index contributed by atoms with van der Waals surface area (Å²) in [6.45, 7) is 1.56. The Morgan fingerprint density at radius 1 is 1.64 bits per heavy atom. The Kier molecular flexibility index (Phi) is 3.64. The van der Waals surface area contributed by atoms with Gasteiger partial charge in [-0.05, 0) is 6.42 Å². The lowest BCUT2D eigenvalue weighted by Crippen LogP contribution is -2.32. The van der Waals surface area contributed by atoms with Gasteiger partial charge in [0.1, 0.15) is 0 Å². The van der Waals surface area contributed by atoms with E-state index in [1.165, 1.54) is 0 Å². The van der Waals surface area contributed by atoms with Crippen LogP contribution < -0.4 is 0 Å². The van der Waals surface area contributed by atoms with Crippen LogP contribution >= 0.6 is 0 Å². The van der Waals surface area contributed by atoms with Gasteiger partial charge in [0, 0.05) is 0 Å². The molecule has 5 heteroatoms. The molecule has 0 heterocycles. The molecule has 0 aromatic rings. The van der Waals surface area contributed by atoms with E-state index in [1.807, 2.05) is 0 Å². The number of aldehydes is 1. The van der Waals surface area contributed by atoms with E-state index in [1.54, 1.807) is 6.92 Å². The monoisotopic (exact) mass is 166 g/mol. The Labute approximate surface area is 62.3 Å². The fraction of sp³-hybridized carbons (Fsp3) is 0.667. The molecule has 0 N–H and O–H groups in total. The van der Waals surface area contributed by atoms with Gasteiger partial charge in [0.05, 0.1) is 6.61 Å². The highest BCUT2D eigenvalue weighted by Gasteiger charge is 2.40. The molecule has 0 aliphatic carbocycles. The van der Waals surface area contributed by atoms with E-state index >= 15 is 0 Å². The lowest BCUT2D eigenvalue weighted by atomic mass is 10.4. The number of rotatable bonds is 4. The molecule has 0 bridgehead atoms.